The van der Waals surface area contributed by atoms with E-state index in [9.17, 15) is 9.59 Å². The number of allylic oxidation sites excluding steroid dienone is 4. The molecule has 7 heteroatoms. The van der Waals surface area contributed by atoms with Crippen molar-refractivity contribution in [3.63, 3.8) is 0 Å². The number of rotatable bonds is 8. The average Bonchev–Trinajstić information content (AvgIpc) is 2.49. The maximum Gasteiger partial charge on any atom is 2.00 e. The van der Waals surface area contributed by atoms with E-state index in [1.54, 1.807) is 27.7 Å². The number of hydrogen-bond acceptors (Lipinski definition) is 4. The quantitative estimate of drug-likeness (QED) is 0.424. The zero-order valence-electron chi connectivity index (χ0n) is 19.8. The summed E-state index contributed by atoms with van der Waals surface area (Å²) in [6.45, 7) is 18.8. The fraction of sp³-hybridized carbons (Fsp3) is 0.727. The number of carbonyl (C=O) groups excluding carboxylic acids is 2. The molecule has 0 saturated heterocycles. The summed E-state index contributed by atoms with van der Waals surface area (Å²) in [5.41, 5.74) is 0.625. The smallest absolute Gasteiger partial charge is 0.686 e. The van der Waals surface area contributed by atoms with Gasteiger partial charge in [0.15, 0.2) is 11.6 Å². The van der Waals surface area contributed by atoms with Gasteiger partial charge in [-0.05, 0) is 26.0 Å². The molecule has 0 bridgehead atoms. The second kappa shape index (κ2) is 14.9. The fourth-order valence-corrected chi connectivity index (χ4v) is 1.46. The second-order valence-corrected chi connectivity index (χ2v) is 9.18. The largest absolute Gasteiger partial charge is 2.00 e. The van der Waals surface area contributed by atoms with Gasteiger partial charge in [0.05, 0.1) is 0 Å². The van der Waals surface area contributed by atoms with Crippen molar-refractivity contribution in [1.29, 1.82) is 0 Å². The molecule has 0 amide bonds. The Morgan fingerprint density at radius 1 is 0.759 bits per heavy atom. The van der Waals surface area contributed by atoms with Gasteiger partial charge in [-0.1, -0.05) is 55.4 Å². The molecular weight excluding hydrogens is 404 g/mol. The van der Waals surface area contributed by atoms with Crippen LogP contribution in [0.1, 0.15) is 69.2 Å². The normalized spacial score (nSPS) is 14.6. The van der Waals surface area contributed by atoms with Gasteiger partial charge >= 0.3 is 21.7 Å². The molecule has 166 valence electrons. The number of carbonyl (C=O) groups is 2. The molecule has 0 heterocycles. The maximum atomic E-state index is 11.5. The van der Waals surface area contributed by atoms with Crippen molar-refractivity contribution in [2.75, 3.05) is 13.1 Å². The van der Waals surface area contributed by atoms with Gasteiger partial charge in [-0.25, -0.2) is 0 Å². The first-order valence-electron chi connectivity index (χ1n) is 9.63. The Hall–Kier alpha value is -0.946. The Morgan fingerprint density at radius 2 is 1.00 bits per heavy atom. The molecule has 0 aliphatic rings. The SMILES string of the molecule is C/C(=C/C(=O)C(C)(C)C)[N-]CC(C)O.C/C(=C/C(=O)C(C)(C)C)[N-]CC(C)O.[Ti+2]. The van der Waals surface area contributed by atoms with E-state index >= 15 is 0 Å². The van der Waals surface area contributed by atoms with Crippen LogP contribution < -0.4 is 0 Å². The van der Waals surface area contributed by atoms with Crippen molar-refractivity contribution >= 4 is 11.6 Å². The maximum absolute atomic E-state index is 11.5. The van der Waals surface area contributed by atoms with Crippen molar-refractivity contribution in [1.82, 2.24) is 0 Å². The summed E-state index contributed by atoms with van der Waals surface area (Å²) in [7, 11) is 0. The van der Waals surface area contributed by atoms with E-state index in [1.165, 1.54) is 12.2 Å². The minimum Gasteiger partial charge on any atom is -0.686 e. The van der Waals surface area contributed by atoms with Gasteiger partial charge in [0.1, 0.15) is 0 Å². The van der Waals surface area contributed by atoms with Crippen LogP contribution in [0.15, 0.2) is 23.5 Å². The first kappa shape index (κ1) is 32.7. The minimum absolute atomic E-state index is 0. The van der Waals surface area contributed by atoms with Crippen molar-refractivity contribution in [2.24, 2.45) is 10.8 Å². The van der Waals surface area contributed by atoms with E-state index in [1.807, 2.05) is 41.5 Å². The molecule has 2 atom stereocenters. The molecule has 29 heavy (non-hydrogen) atoms. The molecule has 2 N–H and O–H groups in total. The standard InChI is InChI=1S/2C11H21NO2.Ti/c2*1-8(12-7-9(2)13)6-10(14)11(3,4)5;/h2*6,9,13H,7H2,1-5H3,(H,12,14);/q;;+2/p-2. The van der Waals surface area contributed by atoms with Gasteiger partial charge in [-0.3, -0.25) is 9.59 Å². The second-order valence-electron chi connectivity index (χ2n) is 9.18. The summed E-state index contributed by atoms with van der Waals surface area (Å²) >= 11 is 0. The van der Waals surface area contributed by atoms with Crippen molar-refractivity contribution < 1.29 is 41.5 Å². The Morgan fingerprint density at radius 3 is 1.17 bits per heavy atom. The molecule has 0 rings (SSSR count). The Kier molecular flexibility index (Phi) is 16.9. The minimum atomic E-state index is -0.455. The van der Waals surface area contributed by atoms with Crippen LogP contribution in [0.4, 0.5) is 0 Å². The Bertz CT molecular complexity index is 504. The third-order valence-electron chi connectivity index (χ3n) is 3.37. The third-order valence-corrected chi connectivity index (χ3v) is 3.37. The van der Waals surface area contributed by atoms with Crippen LogP contribution >= 0.6 is 0 Å². The summed E-state index contributed by atoms with van der Waals surface area (Å²) in [5, 5.41) is 26.1. The van der Waals surface area contributed by atoms with Crippen LogP contribution in [0.5, 0.6) is 0 Å². The predicted octanol–water partition coefficient (Wildman–Crippen LogP) is 4.52. The number of hydrogen-bond donors (Lipinski definition) is 2. The number of nitrogens with zero attached hydrogens (tertiary/aromatic N) is 2. The predicted molar refractivity (Wildman–Crippen MR) is 116 cm³/mol. The molecule has 0 aliphatic heterocycles. The molecular formula is C22H40N2O4Ti. The number of ketones is 2. The average molecular weight is 444 g/mol. The molecule has 0 saturated carbocycles. The molecule has 0 fully saturated rings. The van der Waals surface area contributed by atoms with Crippen molar-refractivity contribution in [3.05, 3.63) is 34.2 Å². The third kappa shape index (κ3) is 20.1. The Balaban J connectivity index is -0.000000451. The fourth-order valence-electron chi connectivity index (χ4n) is 1.46. The zero-order valence-corrected chi connectivity index (χ0v) is 21.4. The number of aliphatic hydroxyl groups excluding tert-OH is 2. The van der Waals surface area contributed by atoms with Gasteiger partial charge in [0, 0.05) is 23.0 Å². The molecule has 0 radical (unpaired) electrons. The molecule has 0 aliphatic carbocycles. The van der Waals surface area contributed by atoms with Crippen molar-refractivity contribution in [2.45, 2.75) is 81.4 Å². The molecule has 2 unspecified atom stereocenters. The molecule has 0 aromatic carbocycles. The summed E-state index contributed by atoms with van der Waals surface area (Å²) in [6.07, 6.45) is 2.15. The zero-order chi connectivity index (χ0) is 22.7. The first-order chi connectivity index (χ1) is 12.5. The van der Waals surface area contributed by atoms with Gasteiger partial charge < -0.3 is 20.8 Å². The van der Waals surface area contributed by atoms with Crippen LogP contribution in [-0.4, -0.2) is 47.1 Å². The molecule has 0 aromatic rings. The molecule has 0 spiro atoms. The van der Waals surface area contributed by atoms with Gasteiger partial charge in [0.2, 0.25) is 0 Å². The monoisotopic (exact) mass is 444 g/mol. The van der Waals surface area contributed by atoms with Gasteiger partial charge in [0.25, 0.3) is 0 Å². The van der Waals surface area contributed by atoms with E-state index in [0.29, 0.717) is 24.5 Å². The number of aliphatic hydroxyl groups is 2. The summed E-state index contributed by atoms with van der Waals surface area (Å²) in [5.74, 6) is 0.119. The van der Waals surface area contributed by atoms with E-state index in [0.717, 1.165) is 0 Å². The van der Waals surface area contributed by atoms with Crippen LogP contribution in [0, 0.1) is 10.8 Å². The van der Waals surface area contributed by atoms with E-state index in [4.69, 9.17) is 10.2 Å². The van der Waals surface area contributed by atoms with Gasteiger partial charge in [-0.2, -0.15) is 11.4 Å². The van der Waals surface area contributed by atoms with Gasteiger partial charge in [-0.15, -0.1) is 13.1 Å². The van der Waals surface area contributed by atoms with E-state index in [2.05, 4.69) is 10.6 Å². The van der Waals surface area contributed by atoms with Crippen LogP contribution in [0.2, 0.25) is 0 Å². The summed E-state index contributed by atoms with van der Waals surface area (Å²) < 4.78 is 0. The van der Waals surface area contributed by atoms with Crippen LogP contribution in [-0.2, 0) is 31.3 Å². The molecule has 0 aromatic heterocycles. The first-order valence-corrected chi connectivity index (χ1v) is 9.63. The van der Waals surface area contributed by atoms with E-state index < -0.39 is 12.2 Å². The Labute approximate surface area is 192 Å². The van der Waals surface area contributed by atoms with Crippen molar-refractivity contribution in [3.8, 4) is 0 Å². The van der Waals surface area contributed by atoms with Crippen LogP contribution in [0.3, 0.4) is 0 Å². The summed E-state index contributed by atoms with van der Waals surface area (Å²) in [4.78, 5) is 23.0. The molecule has 6 nitrogen and oxygen atoms in total. The summed E-state index contributed by atoms with van der Waals surface area (Å²) in [6, 6.07) is 0. The van der Waals surface area contributed by atoms with E-state index in [-0.39, 0.29) is 44.1 Å². The topological polar surface area (TPSA) is 103 Å². The van der Waals surface area contributed by atoms with Crippen LogP contribution in [0.25, 0.3) is 10.6 Å².